The second-order valence-electron chi connectivity index (χ2n) is 4.37. The van der Waals surface area contributed by atoms with Crippen LogP contribution in [0.1, 0.15) is 18.9 Å². The molecule has 1 aromatic carbocycles. The van der Waals surface area contributed by atoms with Gasteiger partial charge in [-0.25, -0.2) is 4.98 Å². The second-order valence-corrected chi connectivity index (χ2v) is 6.02. The van der Waals surface area contributed by atoms with Gasteiger partial charge in [0.2, 0.25) is 5.88 Å². The highest BCUT2D eigenvalue weighted by molar-refractivity contribution is 14.1. The topological polar surface area (TPSA) is 34.2 Å². The third-order valence-electron chi connectivity index (χ3n) is 2.63. The lowest BCUT2D eigenvalue weighted by molar-refractivity contribution is 0.462. The predicted molar refractivity (Wildman–Crippen MR) is 90.5 cm³/mol. The fraction of sp³-hybridized carbons (Fsp3) is 0.267. The van der Waals surface area contributed by atoms with Crippen molar-refractivity contribution in [2.75, 3.05) is 6.54 Å². The fourth-order valence-corrected chi connectivity index (χ4v) is 2.43. The maximum Gasteiger partial charge on any atom is 0.238 e. The molecule has 0 atom stereocenters. The molecule has 0 saturated carbocycles. The largest absolute Gasteiger partial charge is 0.438 e. The van der Waals surface area contributed by atoms with Crippen molar-refractivity contribution in [2.45, 2.75) is 19.9 Å². The third kappa shape index (κ3) is 4.61. The number of aromatic nitrogens is 1. The van der Waals surface area contributed by atoms with Gasteiger partial charge in [0.15, 0.2) is 0 Å². The number of hydrogen-bond acceptors (Lipinski definition) is 3. The van der Waals surface area contributed by atoms with Crippen molar-refractivity contribution >= 4 is 34.2 Å². The first-order chi connectivity index (χ1) is 9.69. The van der Waals surface area contributed by atoms with Gasteiger partial charge in [-0.2, -0.15) is 0 Å². The van der Waals surface area contributed by atoms with Crippen LogP contribution in [0.25, 0.3) is 0 Å². The van der Waals surface area contributed by atoms with Crippen molar-refractivity contribution in [3.63, 3.8) is 0 Å². The normalized spacial score (nSPS) is 10.6. The Labute approximate surface area is 137 Å². The molecule has 0 radical (unpaired) electrons. The number of rotatable bonds is 6. The highest BCUT2D eigenvalue weighted by atomic mass is 127. The molecule has 0 aliphatic carbocycles. The molecule has 20 heavy (non-hydrogen) atoms. The molecule has 2 aromatic rings. The van der Waals surface area contributed by atoms with Gasteiger partial charge in [-0.3, -0.25) is 0 Å². The zero-order valence-electron chi connectivity index (χ0n) is 11.2. The van der Waals surface area contributed by atoms with E-state index in [1.54, 1.807) is 6.20 Å². The highest BCUT2D eigenvalue weighted by Gasteiger charge is 2.06. The summed E-state index contributed by atoms with van der Waals surface area (Å²) in [7, 11) is 0. The lowest BCUT2D eigenvalue weighted by Gasteiger charge is -2.09. The number of benzene rings is 1. The van der Waals surface area contributed by atoms with Gasteiger partial charge in [0.25, 0.3) is 0 Å². The Hall–Kier alpha value is -0.850. The molecular formula is C15H16ClIN2O. The van der Waals surface area contributed by atoms with Crippen LogP contribution in [-0.2, 0) is 6.54 Å². The Morgan fingerprint density at radius 1 is 1.35 bits per heavy atom. The Bertz CT molecular complexity index is 578. The summed E-state index contributed by atoms with van der Waals surface area (Å²) in [6.07, 6.45) is 2.90. The molecular weight excluding hydrogens is 387 g/mol. The Balaban J connectivity index is 2.06. The number of nitrogens with one attached hydrogen (secondary N) is 1. The zero-order valence-corrected chi connectivity index (χ0v) is 14.1. The van der Waals surface area contributed by atoms with Crippen molar-refractivity contribution in [3.05, 3.63) is 50.7 Å². The van der Waals surface area contributed by atoms with Crippen LogP contribution < -0.4 is 10.1 Å². The van der Waals surface area contributed by atoms with Gasteiger partial charge in [0.05, 0.1) is 0 Å². The maximum atomic E-state index is 6.21. The first-order valence-corrected chi connectivity index (χ1v) is 7.93. The molecule has 3 nitrogen and oxygen atoms in total. The molecule has 1 heterocycles. The minimum Gasteiger partial charge on any atom is -0.438 e. The number of nitrogens with zero attached hydrogens (tertiary/aromatic N) is 1. The Morgan fingerprint density at radius 2 is 2.20 bits per heavy atom. The number of pyridine rings is 1. The van der Waals surface area contributed by atoms with E-state index in [-0.39, 0.29) is 0 Å². The molecule has 1 N–H and O–H groups in total. The highest BCUT2D eigenvalue weighted by Crippen LogP contribution is 2.28. The molecule has 0 fully saturated rings. The molecule has 5 heteroatoms. The van der Waals surface area contributed by atoms with Crippen molar-refractivity contribution in [1.29, 1.82) is 0 Å². The van der Waals surface area contributed by atoms with E-state index < -0.39 is 0 Å². The lowest BCUT2D eigenvalue weighted by Crippen LogP contribution is -2.13. The third-order valence-corrected chi connectivity index (χ3v) is 3.57. The van der Waals surface area contributed by atoms with E-state index in [9.17, 15) is 0 Å². The van der Waals surface area contributed by atoms with E-state index in [1.807, 2.05) is 30.3 Å². The number of ether oxygens (including phenoxy) is 1. The summed E-state index contributed by atoms with van der Waals surface area (Å²) in [5.41, 5.74) is 1.05. The van der Waals surface area contributed by atoms with Crippen molar-refractivity contribution in [1.82, 2.24) is 10.3 Å². The van der Waals surface area contributed by atoms with Gasteiger partial charge >= 0.3 is 0 Å². The van der Waals surface area contributed by atoms with Crippen LogP contribution in [-0.4, -0.2) is 11.5 Å². The van der Waals surface area contributed by atoms with Crippen LogP contribution in [0, 0.1) is 3.57 Å². The molecule has 0 aliphatic rings. The number of hydrogen-bond donors (Lipinski definition) is 1. The molecule has 2 rings (SSSR count). The summed E-state index contributed by atoms with van der Waals surface area (Å²) >= 11 is 8.45. The zero-order chi connectivity index (χ0) is 14.4. The van der Waals surface area contributed by atoms with Crippen LogP contribution >= 0.6 is 34.2 Å². The molecule has 0 unspecified atom stereocenters. The number of halogens is 2. The molecule has 0 saturated heterocycles. The van der Waals surface area contributed by atoms with Gasteiger partial charge in [-0.05, 0) is 65.4 Å². The van der Waals surface area contributed by atoms with Gasteiger partial charge in [-0.1, -0.05) is 24.6 Å². The van der Waals surface area contributed by atoms with Crippen LogP contribution in [0.2, 0.25) is 5.02 Å². The smallest absolute Gasteiger partial charge is 0.238 e. The van der Waals surface area contributed by atoms with Crippen molar-refractivity contribution in [2.24, 2.45) is 0 Å². The van der Waals surface area contributed by atoms with Gasteiger partial charge < -0.3 is 10.1 Å². The molecule has 106 valence electrons. The van der Waals surface area contributed by atoms with Crippen LogP contribution in [0.5, 0.6) is 11.6 Å². The van der Waals surface area contributed by atoms with E-state index in [4.69, 9.17) is 16.3 Å². The average Bonchev–Trinajstić information content (AvgIpc) is 2.42. The van der Waals surface area contributed by atoms with Gasteiger partial charge in [0, 0.05) is 16.3 Å². The van der Waals surface area contributed by atoms with Gasteiger partial charge in [-0.15, -0.1) is 0 Å². The van der Waals surface area contributed by atoms with Crippen molar-refractivity contribution < 1.29 is 4.74 Å². The summed E-state index contributed by atoms with van der Waals surface area (Å²) in [6, 6.07) is 9.66. The van der Waals surface area contributed by atoms with E-state index >= 15 is 0 Å². The van der Waals surface area contributed by atoms with Crippen LogP contribution in [0.3, 0.4) is 0 Å². The van der Waals surface area contributed by atoms with E-state index in [2.05, 4.69) is 39.8 Å². The molecule has 0 amide bonds. The SMILES string of the molecule is CCCNCc1cnc(Oc2cccc(I)c2)c(Cl)c1. The Kier molecular flexibility index (Phi) is 6.06. The second kappa shape index (κ2) is 7.81. The Morgan fingerprint density at radius 3 is 2.90 bits per heavy atom. The molecule has 0 bridgehead atoms. The summed E-state index contributed by atoms with van der Waals surface area (Å²) in [5.74, 6) is 1.18. The first kappa shape index (κ1) is 15.5. The average molecular weight is 403 g/mol. The van der Waals surface area contributed by atoms with Crippen LogP contribution in [0.15, 0.2) is 36.5 Å². The molecule has 1 aromatic heterocycles. The van der Waals surface area contributed by atoms with E-state index in [1.165, 1.54) is 0 Å². The quantitative estimate of drug-likeness (QED) is 0.565. The molecule has 0 aliphatic heterocycles. The lowest BCUT2D eigenvalue weighted by atomic mass is 10.3. The van der Waals surface area contributed by atoms with Crippen LogP contribution in [0.4, 0.5) is 0 Å². The van der Waals surface area contributed by atoms with E-state index in [0.717, 1.165) is 34.4 Å². The summed E-state index contributed by atoms with van der Waals surface area (Å²) in [5, 5.41) is 3.84. The molecule has 0 spiro atoms. The predicted octanol–water partition coefficient (Wildman–Crippen LogP) is 4.63. The maximum absolute atomic E-state index is 6.21. The summed E-state index contributed by atoms with van der Waals surface area (Å²) < 4.78 is 6.81. The van der Waals surface area contributed by atoms with E-state index in [0.29, 0.717) is 10.9 Å². The summed E-state index contributed by atoms with van der Waals surface area (Å²) in [4.78, 5) is 4.29. The summed E-state index contributed by atoms with van der Waals surface area (Å²) in [6.45, 7) is 3.89. The minimum atomic E-state index is 0.438. The standard InChI is InChI=1S/C15H16ClIN2O/c1-2-6-18-9-11-7-14(16)15(19-10-11)20-13-5-3-4-12(17)8-13/h3-5,7-8,10,18H,2,6,9H2,1H3. The van der Waals surface area contributed by atoms with Gasteiger partial charge in [0.1, 0.15) is 10.8 Å². The van der Waals surface area contributed by atoms with Crippen molar-refractivity contribution in [3.8, 4) is 11.6 Å². The monoisotopic (exact) mass is 402 g/mol. The fourth-order valence-electron chi connectivity index (χ4n) is 1.69. The first-order valence-electron chi connectivity index (χ1n) is 6.47. The minimum absolute atomic E-state index is 0.438.